The molecule has 1 N–H and O–H groups in total. The van der Waals surface area contributed by atoms with Crippen molar-refractivity contribution in [1.29, 1.82) is 0 Å². The Morgan fingerprint density at radius 3 is 2.50 bits per heavy atom. The van der Waals surface area contributed by atoms with Gasteiger partial charge in [0.05, 0.1) is 20.8 Å². The molecule has 0 spiro atoms. The van der Waals surface area contributed by atoms with Crippen molar-refractivity contribution >= 4 is 23.3 Å². The maximum Gasteiger partial charge on any atom is 0.244 e. The van der Waals surface area contributed by atoms with Crippen molar-refractivity contribution in [2.75, 3.05) is 14.2 Å². The van der Waals surface area contributed by atoms with Gasteiger partial charge in [0.1, 0.15) is 16.5 Å². The predicted molar refractivity (Wildman–Crippen MR) is 87.3 cm³/mol. The highest BCUT2D eigenvalue weighted by Crippen LogP contribution is 2.23. The van der Waals surface area contributed by atoms with Gasteiger partial charge in [0.15, 0.2) is 0 Å². The topological polar surface area (TPSA) is 60.5 Å². The van der Waals surface area contributed by atoms with Gasteiger partial charge in [0.2, 0.25) is 5.91 Å². The van der Waals surface area contributed by atoms with E-state index in [9.17, 15) is 4.79 Å². The zero-order valence-corrected chi connectivity index (χ0v) is 13.6. The summed E-state index contributed by atoms with van der Waals surface area (Å²) in [7, 11) is 3.18. The second-order valence-electron chi connectivity index (χ2n) is 4.58. The lowest BCUT2D eigenvalue weighted by atomic mass is 10.2. The van der Waals surface area contributed by atoms with Crippen LogP contribution in [0.15, 0.2) is 29.7 Å². The first-order valence-electron chi connectivity index (χ1n) is 6.70. The van der Waals surface area contributed by atoms with Crippen LogP contribution in [0, 0.1) is 6.92 Å². The zero-order chi connectivity index (χ0) is 15.9. The van der Waals surface area contributed by atoms with Crippen LogP contribution in [0.4, 0.5) is 0 Å². The van der Waals surface area contributed by atoms with Crippen molar-refractivity contribution in [2.24, 2.45) is 0 Å². The highest BCUT2D eigenvalue weighted by Gasteiger charge is 2.02. The fourth-order valence-electron chi connectivity index (χ4n) is 1.80. The van der Waals surface area contributed by atoms with Gasteiger partial charge in [0.25, 0.3) is 0 Å². The van der Waals surface area contributed by atoms with Gasteiger partial charge in [-0.3, -0.25) is 4.79 Å². The predicted octanol–water partition coefficient (Wildman–Crippen LogP) is 2.80. The van der Waals surface area contributed by atoms with Crippen LogP contribution < -0.4 is 14.8 Å². The molecule has 0 aliphatic rings. The van der Waals surface area contributed by atoms with Crippen LogP contribution in [0.2, 0.25) is 0 Å². The van der Waals surface area contributed by atoms with Crippen LogP contribution in [0.5, 0.6) is 11.5 Å². The SMILES string of the molecule is COc1cc(C=CC(=O)NCc2nc(C)cs2)cc(OC)c1. The van der Waals surface area contributed by atoms with E-state index in [4.69, 9.17) is 9.47 Å². The zero-order valence-electron chi connectivity index (χ0n) is 12.8. The van der Waals surface area contributed by atoms with Gasteiger partial charge in [0, 0.05) is 23.2 Å². The molecule has 2 aromatic rings. The Kier molecular flexibility index (Phi) is 5.55. The second-order valence-corrected chi connectivity index (χ2v) is 5.52. The molecule has 6 heteroatoms. The van der Waals surface area contributed by atoms with Gasteiger partial charge >= 0.3 is 0 Å². The van der Waals surface area contributed by atoms with E-state index in [2.05, 4.69) is 10.3 Å². The van der Waals surface area contributed by atoms with E-state index in [0.29, 0.717) is 18.0 Å². The number of carbonyl (C=O) groups excluding carboxylic acids is 1. The number of hydrogen-bond donors (Lipinski definition) is 1. The summed E-state index contributed by atoms with van der Waals surface area (Å²) in [5.41, 5.74) is 1.80. The third-order valence-electron chi connectivity index (χ3n) is 2.88. The number of nitrogens with one attached hydrogen (secondary N) is 1. The smallest absolute Gasteiger partial charge is 0.244 e. The third kappa shape index (κ3) is 4.60. The molecule has 2 rings (SSSR count). The molecule has 0 saturated carbocycles. The number of benzene rings is 1. The van der Waals surface area contributed by atoms with Crippen LogP contribution in [-0.2, 0) is 11.3 Å². The Bertz CT molecular complexity index is 658. The minimum atomic E-state index is -0.172. The lowest BCUT2D eigenvalue weighted by Gasteiger charge is -2.05. The Hall–Kier alpha value is -2.34. The molecule has 0 atom stereocenters. The normalized spacial score (nSPS) is 10.7. The number of hydrogen-bond acceptors (Lipinski definition) is 5. The average Bonchev–Trinajstić information content (AvgIpc) is 2.96. The second kappa shape index (κ2) is 7.61. The summed E-state index contributed by atoms with van der Waals surface area (Å²) in [6, 6.07) is 5.44. The van der Waals surface area contributed by atoms with Crippen molar-refractivity contribution in [2.45, 2.75) is 13.5 Å². The number of rotatable bonds is 6. The van der Waals surface area contributed by atoms with Gasteiger partial charge in [-0.05, 0) is 30.7 Å². The van der Waals surface area contributed by atoms with E-state index >= 15 is 0 Å². The Balaban J connectivity index is 1.97. The third-order valence-corrected chi connectivity index (χ3v) is 3.85. The van der Waals surface area contributed by atoms with Crippen LogP contribution in [0.25, 0.3) is 6.08 Å². The van der Waals surface area contributed by atoms with Crippen LogP contribution in [0.3, 0.4) is 0 Å². The Morgan fingerprint density at radius 2 is 1.95 bits per heavy atom. The molecule has 0 aliphatic carbocycles. The summed E-state index contributed by atoms with van der Waals surface area (Å²) in [6.07, 6.45) is 3.20. The minimum absolute atomic E-state index is 0.172. The van der Waals surface area contributed by atoms with Crippen LogP contribution in [-0.4, -0.2) is 25.1 Å². The molecule has 1 aromatic carbocycles. The maximum atomic E-state index is 11.8. The molecule has 0 aliphatic heterocycles. The molecule has 116 valence electrons. The average molecular weight is 318 g/mol. The molecule has 0 saturated heterocycles. The molecule has 0 fully saturated rings. The standard InChI is InChI=1S/C16H18N2O3S/c1-11-10-22-16(18-11)9-17-15(19)5-4-12-6-13(20-2)8-14(7-12)21-3/h4-8,10H,9H2,1-3H3,(H,17,19). The number of carbonyl (C=O) groups is 1. The van der Waals surface area contributed by atoms with Crippen molar-refractivity contribution < 1.29 is 14.3 Å². The summed E-state index contributed by atoms with van der Waals surface area (Å²) < 4.78 is 10.4. The lowest BCUT2D eigenvalue weighted by Crippen LogP contribution is -2.20. The summed E-state index contributed by atoms with van der Waals surface area (Å²) in [5.74, 6) is 1.19. The maximum absolute atomic E-state index is 11.8. The summed E-state index contributed by atoms with van der Waals surface area (Å²) >= 11 is 1.53. The summed E-state index contributed by atoms with van der Waals surface area (Å²) in [4.78, 5) is 16.1. The number of ether oxygens (including phenoxy) is 2. The molecule has 0 bridgehead atoms. The van der Waals surface area contributed by atoms with Crippen molar-refractivity contribution in [3.05, 3.63) is 45.9 Å². The number of aromatic nitrogens is 1. The Labute approximate surface area is 133 Å². The van der Waals surface area contributed by atoms with Crippen molar-refractivity contribution in [3.8, 4) is 11.5 Å². The van der Waals surface area contributed by atoms with Crippen LogP contribution in [0.1, 0.15) is 16.3 Å². The molecule has 1 amide bonds. The largest absolute Gasteiger partial charge is 0.497 e. The quantitative estimate of drug-likeness (QED) is 0.832. The monoisotopic (exact) mass is 318 g/mol. The van der Waals surface area contributed by atoms with E-state index < -0.39 is 0 Å². The van der Waals surface area contributed by atoms with E-state index in [1.54, 1.807) is 26.4 Å². The van der Waals surface area contributed by atoms with E-state index in [-0.39, 0.29) is 5.91 Å². The highest BCUT2D eigenvalue weighted by atomic mass is 32.1. The number of nitrogens with zero attached hydrogens (tertiary/aromatic N) is 1. The number of methoxy groups -OCH3 is 2. The molecule has 1 heterocycles. The fraction of sp³-hybridized carbons (Fsp3) is 0.250. The Morgan fingerprint density at radius 1 is 1.27 bits per heavy atom. The van der Waals surface area contributed by atoms with Gasteiger partial charge < -0.3 is 14.8 Å². The van der Waals surface area contributed by atoms with Gasteiger partial charge in [-0.2, -0.15) is 0 Å². The van der Waals surface area contributed by atoms with Gasteiger partial charge in [-0.15, -0.1) is 11.3 Å². The van der Waals surface area contributed by atoms with E-state index in [1.165, 1.54) is 17.4 Å². The lowest BCUT2D eigenvalue weighted by molar-refractivity contribution is -0.116. The minimum Gasteiger partial charge on any atom is -0.497 e. The molecular weight excluding hydrogens is 300 g/mol. The summed E-state index contributed by atoms with van der Waals surface area (Å²) in [6.45, 7) is 2.36. The number of thiazole rings is 1. The number of aryl methyl sites for hydroxylation is 1. The van der Waals surface area contributed by atoms with E-state index in [1.807, 2.05) is 24.4 Å². The first-order valence-corrected chi connectivity index (χ1v) is 7.58. The summed E-state index contributed by atoms with van der Waals surface area (Å²) in [5, 5.41) is 5.65. The first-order chi connectivity index (χ1) is 10.6. The van der Waals surface area contributed by atoms with Gasteiger partial charge in [-0.25, -0.2) is 4.98 Å². The highest BCUT2D eigenvalue weighted by molar-refractivity contribution is 7.09. The molecule has 0 unspecified atom stereocenters. The molecule has 22 heavy (non-hydrogen) atoms. The van der Waals surface area contributed by atoms with Crippen LogP contribution >= 0.6 is 11.3 Å². The van der Waals surface area contributed by atoms with Crippen molar-refractivity contribution in [1.82, 2.24) is 10.3 Å². The number of amides is 1. The fourth-order valence-corrected chi connectivity index (χ4v) is 2.51. The molecule has 5 nitrogen and oxygen atoms in total. The molecule has 0 radical (unpaired) electrons. The molecular formula is C16H18N2O3S. The van der Waals surface area contributed by atoms with Crippen molar-refractivity contribution in [3.63, 3.8) is 0 Å². The molecule has 1 aromatic heterocycles. The first kappa shape index (κ1) is 16.0. The van der Waals surface area contributed by atoms with Gasteiger partial charge in [-0.1, -0.05) is 0 Å². The van der Waals surface area contributed by atoms with E-state index in [0.717, 1.165) is 16.3 Å².